The molecule has 0 spiro atoms. The second-order valence-electron chi connectivity index (χ2n) is 7.03. The van der Waals surface area contributed by atoms with Crippen LogP contribution in [0.3, 0.4) is 0 Å². The minimum atomic E-state index is -0.321. The highest BCUT2D eigenvalue weighted by Gasteiger charge is 2.19. The molecular weight excluding hydrogens is 471 g/mol. The summed E-state index contributed by atoms with van der Waals surface area (Å²) in [6, 6.07) is 13.6. The highest BCUT2D eigenvalue weighted by atomic mass is 35.5. The average molecular weight is 491 g/mol. The molecule has 2 aromatic heterocycles. The summed E-state index contributed by atoms with van der Waals surface area (Å²) in [7, 11) is 1.93. The van der Waals surface area contributed by atoms with E-state index in [-0.39, 0.29) is 6.10 Å². The normalized spacial score (nSPS) is 12.2. The van der Waals surface area contributed by atoms with Gasteiger partial charge in [0.15, 0.2) is 17.1 Å². The van der Waals surface area contributed by atoms with Crippen molar-refractivity contribution in [3.63, 3.8) is 0 Å². The molecule has 1 atom stereocenters. The van der Waals surface area contributed by atoms with E-state index in [2.05, 4.69) is 46.8 Å². The Labute approximate surface area is 199 Å². The molecule has 160 valence electrons. The zero-order valence-electron chi connectivity index (χ0n) is 17.2. The molecule has 4 aromatic rings. The zero-order chi connectivity index (χ0) is 22.0. The summed E-state index contributed by atoms with van der Waals surface area (Å²) >= 11 is 15.4. The molecule has 1 unspecified atom stereocenters. The van der Waals surface area contributed by atoms with Crippen LogP contribution in [0, 0.1) is 6.92 Å². The van der Waals surface area contributed by atoms with Crippen molar-refractivity contribution in [1.29, 1.82) is 0 Å². The SMILES string of the molecule is Cc1ccc(-c2nc(CSc3nnc(C(C)Oc4ccc(Cl)cc4Cl)n3C)cs2)cc1. The van der Waals surface area contributed by atoms with E-state index in [0.29, 0.717) is 27.4 Å². The van der Waals surface area contributed by atoms with E-state index < -0.39 is 0 Å². The number of ether oxygens (including phenoxy) is 1. The Hall–Kier alpha value is -2.06. The van der Waals surface area contributed by atoms with Crippen molar-refractivity contribution in [2.75, 3.05) is 0 Å². The lowest BCUT2D eigenvalue weighted by Crippen LogP contribution is -2.10. The topological polar surface area (TPSA) is 52.8 Å². The highest BCUT2D eigenvalue weighted by Crippen LogP contribution is 2.32. The third-order valence-electron chi connectivity index (χ3n) is 4.63. The minimum absolute atomic E-state index is 0.321. The first-order chi connectivity index (χ1) is 14.9. The van der Waals surface area contributed by atoms with Gasteiger partial charge in [-0.3, -0.25) is 0 Å². The Bertz CT molecular complexity index is 1190. The van der Waals surface area contributed by atoms with Crippen LogP contribution >= 0.6 is 46.3 Å². The van der Waals surface area contributed by atoms with E-state index >= 15 is 0 Å². The van der Waals surface area contributed by atoms with Crippen LogP contribution in [-0.2, 0) is 12.8 Å². The maximum Gasteiger partial charge on any atom is 0.191 e. The molecule has 5 nitrogen and oxygen atoms in total. The summed E-state index contributed by atoms with van der Waals surface area (Å²) in [6.07, 6.45) is -0.321. The Morgan fingerprint density at radius 3 is 2.65 bits per heavy atom. The summed E-state index contributed by atoms with van der Waals surface area (Å²) in [6.45, 7) is 4.00. The summed E-state index contributed by atoms with van der Waals surface area (Å²) in [4.78, 5) is 4.76. The second-order valence-corrected chi connectivity index (χ2v) is 9.68. The Morgan fingerprint density at radius 1 is 1.13 bits per heavy atom. The molecule has 0 aliphatic carbocycles. The van der Waals surface area contributed by atoms with Crippen molar-refractivity contribution < 1.29 is 4.74 Å². The molecule has 0 radical (unpaired) electrons. The fourth-order valence-electron chi connectivity index (χ4n) is 2.96. The number of thiazole rings is 1. The number of benzene rings is 2. The molecule has 0 amide bonds. The number of hydrogen-bond acceptors (Lipinski definition) is 6. The number of hydrogen-bond donors (Lipinski definition) is 0. The van der Waals surface area contributed by atoms with Crippen LogP contribution in [-0.4, -0.2) is 19.7 Å². The third kappa shape index (κ3) is 5.23. The van der Waals surface area contributed by atoms with Crippen LogP contribution in [0.1, 0.15) is 30.1 Å². The number of thioether (sulfide) groups is 1. The maximum atomic E-state index is 6.22. The molecule has 4 rings (SSSR count). The smallest absolute Gasteiger partial charge is 0.191 e. The van der Waals surface area contributed by atoms with Gasteiger partial charge in [0.2, 0.25) is 0 Å². The molecule has 2 aromatic carbocycles. The summed E-state index contributed by atoms with van der Waals surface area (Å²) in [5.74, 6) is 1.99. The van der Waals surface area contributed by atoms with E-state index in [4.69, 9.17) is 32.9 Å². The number of aryl methyl sites for hydroxylation is 1. The van der Waals surface area contributed by atoms with Gasteiger partial charge >= 0.3 is 0 Å². The minimum Gasteiger partial charge on any atom is -0.481 e. The van der Waals surface area contributed by atoms with Gasteiger partial charge in [0.1, 0.15) is 10.8 Å². The molecular formula is C22H20Cl2N4OS2. The molecule has 0 bridgehead atoms. The fourth-order valence-corrected chi connectivity index (χ4v) is 5.16. The molecule has 2 heterocycles. The Morgan fingerprint density at radius 2 is 1.90 bits per heavy atom. The van der Waals surface area contributed by atoms with Crippen molar-refractivity contribution in [2.45, 2.75) is 30.9 Å². The van der Waals surface area contributed by atoms with E-state index in [9.17, 15) is 0 Å². The van der Waals surface area contributed by atoms with Crippen molar-refractivity contribution in [2.24, 2.45) is 7.05 Å². The second kappa shape index (κ2) is 9.61. The van der Waals surface area contributed by atoms with Crippen molar-refractivity contribution >= 4 is 46.3 Å². The lowest BCUT2D eigenvalue weighted by Gasteiger charge is -2.15. The lowest BCUT2D eigenvalue weighted by molar-refractivity contribution is 0.211. The van der Waals surface area contributed by atoms with Gasteiger partial charge in [0.25, 0.3) is 0 Å². The molecule has 0 N–H and O–H groups in total. The van der Waals surface area contributed by atoms with Gasteiger partial charge in [-0.05, 0) is 32.0 Å². The number of halogens is 2. The van der Waals surface area contributed by atoms with Gasteiger partial charge in [0, 0.05) is 28.8 Å². The van der Waals surface area contributed by atoms with E-state index in [0.717, 1.165) is 21.4 Å². The lowest BCUT2D eigenvalue weighted by atomic mass is 10.2. The first-order valence-corrected chi connectivity index (χ1v) is 12.2. The maximum absolute atomic E-state index is 6.22. The monoisotopic (exact) mass is 490 g/mol. The Balaban J connectivity index is 1.41. The standard InChI is InChI=1S/C22H20Cl2N4OS2/c1-13-4-6-15(7-5-13)21-25-17(11-30-21)12-31-22-27-26-20(28(22)3)14(2)29-19-9-8-16(23)10-18(19)24/h4-11,14H,12H2,1-3H3. The van der Waals surface area contributed by atoms with Gasteiger partial charge in [-0.15, -0.1) is 21.5 Å². The molecule has 0 fully saturated rings. The first kappa shape index (κ1) is 22.1. The van der Waals surface area contributed by atoms with Gasteiger partial charge < -0.3 is 9.30 Å². The zero-order valence-corrected chi connectivity index (χ0v) is 20.3. The Kier molecular flexibility index (Phi) is 6.86. The van der Waals surface area contributed by atoms with Crippen molar-refractivity contribution in [3.05, 3.63) is 75.0 Å². The number of nitrogens with zero attached hydrogens (tertiary/aromatic N) is 4. The molecule has 31 heavy (non-hydrogen) atoms. The van der Waals surface area contributed by atoms with E-state index in [1.807, 2.05) is 18.5 Å². The molecule has 0 saturated carbocycles. The molecule has 0 aliphatic rings. The van der Waals surface area contributed by atoms with Gasteiger partial charge in [0.05, 0.1) is 10.7 Å². The van der Waals surface area contributed by atoms with Gasteiger partial charge in [-0.1, -0.05) is 64.8 Å². The van der Waals surface area contributed by atoms with Crippen LogP contribution in [0.5, 0.6) is 5.75 Å². The van der Waals surface area contributed by atoms with Crippen molar-refractivity contribution in [3.8, 4) is 16.3 Å². The van der Waals surface area contributed by atoms with Gasteiger partial charge in [-0.2, -0.15) is 0 Å². The van der Waals surface area contributed by atoms with Crippen molar-refractivity contribution in [1.82, 2.24) is 19.7 Å². The van der Waals surface area contributed by atoms with Crippen LogP contribution in [0.2, 0.25) is 10.0 Å². The molecule has 0 saturated heterocycles. The largest absolute Gasteiger partial charge is 0.481 e. The number of rotatable bonds is 7. The average Bonchev–Trinajstić information content (AvgIpc) is 3.36. The predicted molar refractivity (Wildman–Crippen MR) is 128 cm³/mol. The molecule has 9 heteroatoms. The first-order valence-electron chi connectivity index (χ1n) is 9.56. The van der Waals surface area contributed by atoms with Crippen LogP contribution < -0.4 is 4.74 Å². The van der Waals surface area contributed by atoms with E-state index in [1.54, 1.807) is 41.3 Å². The highest BCUT2D eigenvalue weighted by molar-refractivity contribution is 7.98. The van der Waals surface area contributed by atoms with Crippen LogP contribution in [0.25, 0.3) is 10.6 Å². The summed E-state index contributed by atoms with van der Waals surface area (Å²) < 4.78 is 7.91. The third-order valence-corrected chi connectivity index (χ3v) is 7.15. The summed E-state index contributed by atoms with van der Waals surface area (Å²) in [5.41, 5.74) is 3.40. The van der Waals surface area contributed by atoms with Crippen LogP contribution in [0.4, 0.5) is 0 Å². The van der Waals surface area contributed by atoms with E-state index in [1.165, 1.54) is 5.56 Å². The van der Waals surface area contributed by atoms with Crippen LogP contribution in [0.15, 0.2) is 53.0 Å². The van der Waals surface area contributed by atoms with Gasteiger partial charge in [-0.25, -0.2) is 4.98 Å². The predicted octanol–water partition coefficient (Wildman–Crippen LogP) is 6.99. The number of aromatic nitrogens is 4. The molecule has 0 aliphatic heterocycles. The summed E-state index contributed by atoms with van der Waals surface area (Å²) in [5, 5.41) is 13.6. The fraction of sp³-hybridized carbons (Fsp3) is 0.227. The quantitative estimate of drug-likeness (QED) is 0.261.